The van der Waals surface area contributed by atoms with E-state index in [0.29, 0.717) is 17.1 Å². The number of carbonyl (C=O) groups is 2. The van der Waals surface area contributed by atoms with E-state index in [1.165, 1.54) is 11.6 Å². The lowest BCUT2D eigenvalue weighted by atomic mass is 10.1. The summed E-state index contributed by atoms with van der Waals surface area (Å²) >= 11 is 0. The van der Waals surface area contributed by atoms with Crippen LogP contribution < -0.4 is 10.9 Å². The number of ether oxygens (including phenoxy) is 1. The highest BCUT2D eigenvalue weighted by atomic mass is 16.5. The normalized spacial score (nSPS) is 11.7. The third-order valence-corrected chi connectivity index (χ3v) is 6.46. The Balaban J connectivity index is 1.39. The molecule has 0 aliphatic heterocycles. The van der Waals surface area contributed by atoms with Crippen LogP contribution in [0.5, 0.6) is 0 Å². The Hall–Kier alpha value is -5.18. The number of hydrogen-bond acceptors (Lipinski definition) is 5. The molecule has 0 aliphatic rings. The lowest BCUT2D eigenvalue weighted by Crippen LogP contribution is -2.32. The van der Waals surface area contributed by atoms with Gasteiger partial charge in [-0.1, -0.05) is 66.7 Å². The fraction of sp³-hybridized carbons (Fsp3) is 0.133. The van der Waals surface area contributed by atoms with Crippen LogP contribution >= 0.6 is 0 Å². The topological polar surface area (TPSA) is 100 Å². The van der Waals surface area contributed by atoms with Crippen molar-refractivity contribution in [3.8, 4) is 22.6 Å². The number of nitrogens with one attached hydrogen (secondary N) is 1. The zero-order chi connectivity index (χ0) is 27.5. The van der Waals surface area contributed by atoms with Crippen LogP contribution in [-0.4, -0.2) is 37.1 Å². The lowest BCUT2D eigenvalue weighted by Gasteiger charge is -2.13. The molecule has 39 heavy (non-hydrogen) atoms. The molecule has 0 saturated carbocycles. The van der Waals surface area contributed by atoms with Crippen molar-refractivity contribution in [3.05, 3.63) is 119 Å². The molecule has 0 unspecified atom stereocenters. The minimum absolute atomic E-state index is 0.121. The van der Waals surface area contributed by atoms with Gasteiger partial charge in [0.05, 0.1) is 17.1 Å². The molecule has 9 heteroatoms. The maximum absolute atomic E-state index is 13.3. The predicted molar refractivity (Wildman–Crippen MR) is 148 cm³/mol. The van der Waals surface area contributed by atoms with E-state index < -0.39 is 18.0 Å². The van der Waals surface area contributed by atoms with Gasteiger partial charge in [0.15, 0.2) is 6.10 Å². The fourth-order valence-corrected chi connectivity index (χ4v) is 4.26. The lowest BCUT2D eigenvalue weighted by molar-refractivity contribution is -0.123. The van der Waals surface area contributed by atoms with Gasteiger partial charge in [0.2, 0.25) is 0 Å². The SMILES string of the molecule is Cc1c(NC(=O)[C@H](C)OC(=O)c2cn(-c3ccccc3)nc2-c2ccccc2)c(=O)n(-c2ccccc2)n1C. The summed E-state index contributed by atoms with van der Waals surface area (Å²) in [6.07, 6.45) is 0.412. The molecule has 2 heterocycles. The van der Waals surface area contributed by atoms with Crippen LogP contribution in [0.3, 0.4) is 0 Å². The van der Waals surface area contributed by atoms with E-state index in [0.717, 1.165) is 11.3 Å². The second-order valence-electron chi connectivity index (χ2n) is 9.01. The highest BCUT2D eigenvalue weighted by molar-refractivity contribution is 6.00. The molecular formula is C30H27N5O4. The summed E-state index contributed by atoms with van der Waals surface area (Å²) in [7, 11) is 1.73. The molecular weight excluding hydrogens is 494 g/mol. The number of nitrogens with zero attached hydrogens (tertiary/aromatic N) is 4. The van der Waals surface area contributed by atoms with Crippen molar-refractivity contribution in [2.45, 2.75) is 20.0 Å². The number of amides is 1. The second-order valence-corrected chi connectivity index (χ2v) is 9.01. The van der Waals surface area contributed by atoms with Gasteiger partial charge < -0.3 is 10.1 Å². The number of carbonyl (C=O) groups excluding carboxylic acids is 2. The van der Waals surface area contributed by atoms with E-state index in [1.54, 1.807) is 41.7 Å². The van der Waals surface area contributed by atoms with Crippen molar-refractivity contribution < 1.29 is 14.3 Å². The standard InChI is InChI=1S/C30H27N5O4/c1-20-26(29(37)35(33(20)3)24-17-11-6-12-18-24)31-28(36)21(2)39-30(38)25-19-34(23-15-9-5-10-16-23)32-27(25)22-13-7-4-8-14-22/h4-19,21H,1-3H3,(H,31,36)/t21-/m0/s1. The summed E-state index contributed by atoms with van der Waals surface area (Å²) in [6, 6.07) is 27.8. The molecule has 1 N–H and O–H groups in total. The molecule has 2 aromatic heterocycles. The summed E-state index contributed by atoms with van der Waals surface area (Å²) in [5.41, 5.74) is 3.11. The summed E-state index contributed by atoms with van der Waals surface area (Å²) in [5, 5.41) is 7.28. The van der Waals surface area contributed by atoms with Gasteiger partial charge in [-0.05, 0) is 38.1 Å². The Morgan fingerprint density at radius 3 is 2.05 bits per heavy atom. The van der Waals surface area contributed by atoms with Crippen LogP contribution in [0.2, 0.25) is 0 Å². The zero-order valence-corrected chi connectivity index (χ0v) is 21.7. The molecule has 5 rings (SSSR count). The third-order valence-electron chi connectivity index (χ3n) is 6.46. The van der Waals surface area contributed by atoms with Crippen LogP contribution in [0, 0.1) is 6.92 Å². The average molecular weight is 522 g/mol. The van der Waals surface area contributed by atoms with Crippen LogP contribution in [0.1, 0.15) is 23.0 Å². The van der Waals surface area contributed by atoms with Crippen molar-refractivity contribution in [2.75, 3.05) is 5.32 Å². The first-order valence-corrected chi connectivity index (χ1v) is 12.4. The first-order chi connectivity index (χ1) is 18.8. The van der Waals surface area contributed by atoms with Crippen molar-refractivity contribution in [2.24, 2.45) is 7.05 Å². The quantitative estimate of drug-likeness (QED) is 0.318. The monoisotopic (exact) mass is 521 g/mol. The molecule has 1 atom stereocenters. The van der Waals surface area contributed by atoms with E-state index in [9.17, 15) is 14.4 Å². The summed E-state index contributed by atoms with van der Waals surface area (Å²) in [4.78, 5) is 39.5. The van der Waals surface area contributed by atoms with Gasteiger partial charge in [-0.2, -0.15) is 5.10 Å². The van der Waals surface area contributed by atoms with E-state index in [-0.39, 0.29) is 16.8 Å². The number of esters is 1. The molecule has 1 amide bonds. The largest absolute Gasteiger partial charge is 0.449 e. The molecule has 9 nitrogen and oxygen atoms in total. The van der Waals surface area contributed by atoms with E-state index in [4.69, 9.17) is 4.74 Å². The van der Waals surface area contributed by atoms with Crippen molar-refractivity contribution in [1.29, 1.82) is 0 Å². The zero-order valence-electron chi connectivity index (χ0n) is 21.7. The minimum Gasteiger partial charge on any atom is -0.449 e. The maximum Gasteiger partial charge on any atom is 0.342 e. The van der Waals surface area contributed by atoms with Gasteiger partial charge in [0.25, 0.3) is 11.5 Å². The Morgan fingerprint density at radius 2 is 1.44 bits per heavy atom. The van der Waals surface area contributed by atoms with Gasteiger partial charge in [-0.3, -0.25) is 14.3 Å². The van der Waals surface area contributed by atoms with Gasteiger partial charge in [0, 0.05) is 18.8 Å². The Morgan fingerprint density at radius 1 is 0.872 bits per heavy atom. The van der Waals surface area contributed by atoms with Crippen molar-refractivity contribution in [1.82, 2.24) is 19.1 Å². The fourth-order valence-electron chi connectivity index (χ4n) is 4.26. The van der Waals surface area contributed by atoms with Crippen LogP contribution in [0.4, 0.5) is 5.69 Å². The molecule has 0 aliphatic carbocycles. The number of aromatic nitrogens is 4. The first-order valence-electron chi connectivity index (χ1n) is 12.4. The Bertz CT molecular complexity index is 1690. The second kappa shape index (κ2) is 10.7. The highest BCUT2D eigenvalue weighted by Gasteiger charge is 2.26. The van der Waals surface area contributed by atoms with Gasteiger partial charge in [0.1, 0.15) is 16.9 Å². The molecule has 0 spiro atoms. The van der Waals surface area contributed by atoms with Gasteiger partial charge in [-0.15, -0.1) is 0 Å². The molecule has 5 aromatic rings. The van der Waals surface area contributed by atoms with Crippen LogP contribution in [0.15, 0.2) is 102 Å². The smallest absolute Gasteiger partial charge is 0.342 e. The molecule has 0 fully saturated rings. The number of rotatable bonds is 7. The third kappa shape index (κ3) is 5.02. The van der Waals surface area contributed by atoms with Crippen molar-refractivity contribution >= 4 is 17.6 Å². The highest BCUT2D eigenvalue weighted by Crippen LogP contribution is 2.25. The van der Waals surface area contributed by atoms with Crippen LogP contribution in [0.25, 0.3) is 22.6 Å². The van der Waals surface area contributed by atoms with E-state index in [2.05, 4.69) is 10.4 Å². The molecule has 0 saturated heterocycles. The van der Waals surface area contributed by atoms with Crippen molar-refractivity contribution in [3.63, 3.8) is 0 Å². The molecule has 3 aromatic carbocycles. The average Bonchev–Trinajstić information content (AvgIpc) is 3.50. The molecule has 0 bridgehead atoms. The van der Waals surface area contributed by atoms with E-state index in [1.807, 2.05) is 78.9 Å². The predicted octanol–water partition coefficient (Wildman–Crippen LogP) is 4.52. The molecule has 196 valence electrons. The number of anilines is 1. The number of hydrogen-bond donors (Lipinski definition) is 1. The summed E-state index contributed by atoms with van der Waals surface area (Å²) in [5.74, 6) is -1.32. The number of benzene rings is 3. The summed E-state index contributed by atoms with van der Waals surface area (Å²) in [6.45, 7) is 3.20. The van der Waals surface area contributed by atoms with Gasteiger partial charge >= 0.3 is 5.97 Å². The minimum atomic E-state index is -1.18. The molecule has 0 radical (unpaired) electrons. The Labute approximate surface area is 224 Å². The van der Waals surface area contributed by atoms with Crippen LogP contribution in [-0.2, 0) is 16.6 Å². The number of para-hydroxylation sites is 2. The Kier molecular flexibility index (Phi) is 6.96. The summed E-state index contributed by atoms with van der Waals surface area (Å²) < 4.78 is 10.3. The van der Waals surface area contributed by atoms with Gasteiger partial charge in [-0.25, -0.2) is 14.2 Å². The maximum atomic E-state index is 13.3. The first kappa shape index (κ1) is 25.5. The van der Waals surface area contributed by atoms with E-state index >= 15 is 0 Å².